The minimum absolute atomic E-state index is 0.0341. The van der Waals surface area contributed by atoms with E-state index in [1.54, 1.807) is 0 Å². The van der Waals surface area contributed by atoms with E-state index in [1.807, 2.05) is 6.07 Å². The number of amides is 1. The maximum Gasteiger partial charge on any atom is 0.234 e. The number of carbonyl (C=O) groups excluding carboxylic acids is 1. The quantitative estimate of drug-likeness (QED) is 0.781. The van der Waals surface area contributed by atoms with Crippen molar-refractivity contribution in [1.82, 2.24) is 10.2 Å². The normalized spacial score (nSPS) is 21.8. The van der Waals surface area contributed by atoms with E-state index in [-0.39, 0.29) is 23.9 Å². The third-order valence-electron chi connectivity index (χ3n) is 3.51. The Hall–Kier alpha value is -1.08. The fourth-order valence-corrected chi connectivity index (χ4v) is 2.00. The summed E-state index contributed by atoms with van der Waals surface area (Å²) in [7, 11) is 0. The van der Waals surface area contributed by atoms with Crippen molar-refractivity contribution in [2.45, 2.75) is 51.6 Å². The number of hydrogen-bond acceptors (Lipinski definition) is 3. The second-order valence-corrected chi connectivity index (χ2v) is 5.00. The molecule has 1 N–H and O–H groups in total. The van der Waals surface area contributed by atoms with Crippen LogP contribution in [-0.2, 0) is 4.79 Å². The summed E-state index contributed by atoms with van der Waals surface area (Å²) >= 11 is 0. The van der Waals surface area contributed by atoms with Crippen molar-refractivity contribution in [1.29, 1.82) is 5.26 Å². The summed E-state index contributed by atoms with van der Waals surface area (Å²) in [5.41, 5.74) is 0.203. The average Bonchev–Trinajstić information content (AvgIpc) is 2.67. The molecule has 0 bridgehead atoms. The van der Waals surface area contributed by atoms with Gasteiger partial charge in [-0.3, -0.25) is 9.69 Å². The summed E-state index contributed by atoms with van der Waals surface area (Å²) in [6, 6.07) is 2.08. The molecule has 0 radical (unpaired) electrons. The van der Waals surface area contributed by atoms with Gasteiger partial charge in [-0.15, -0.1) is 0 Å². The second-order valence-electron chi connectivity index (χ2n) is 5.00. The molecule has 1 atom stereocenters. The van der Waals surface area contributed by atoms with Gasteiger partial charge < -0.3 is 5.32 Å². The maximum atomic E-state index is 11.3. The van der Waals surface area contributed by atoms with Crippen LogP contribution in [0, 0.1) is 11.3 Å². The van der Waals surface area contributed by atoms with E-state index in [9.17, 15) is 4.79 Å². The molecule has 1 amide bonds. The Morgan fingerprint density at radius 2 is 2.31 bits per heavy atom. The Morgan fingerprint density at radius 1 is 1.62 bits per heavy atom. The van der Waals surface area contributed by atoms with Crippen molar-refractivity contribution in [2.75, 3.05) is 13.1 Å². The smallest absolute Gasteiger partial charge is 0.234 e. The molecule has 0 aromatic heterocycles. The number of nitriles is 1. The van der Waals surface area contributed by atoms with Gasteiger partial charge in [0.05, 0.1) is 6.07 Å². The molecule has 90 valence electrons. The Labute approximate surface area is 97.6 Å². The molecule has 0 unspecified atom stereocenters. The molecule has 0 aliphatic carbocycles. The van der Waals surface area contributed by atoms with Gasteiger partial charge in [0.2, 0.25) is 5.91 Å². The summed E-state index contributed by atoms with van der Waals surface area (Å²) in [4.78, 5) is 13.7. The summed E-state index contributed by atoms with van der Waals surface area (Å²) in [5.74, 6) is -0.149. The largest absolute Gasteiger partial charge is 0.351 e. The highest BCUT2D eigenvalue weighted by molar-refractivity contribution is 5.78. The van der Waals surface area contributed by atoms with Crippen LogP contribution in [0.1, 0.15) is 40.0 Å². The Bertz CT molecular complexity index is 293. The number of carbonyl (C=O) groups is 1. The monoisotopic (exact) mass is 223 g/mol. The third-order valence-corrected chi connectivity index (χ3v) is 3.51. The lowest BCUT2D eigenvalue weighted by molar-refractivity contribution is -0.120. The lowest BCUT2D eigenvalue weighted by Gasteiger charge is -2.34. The predicted octanol–water partition coefficient (Wildman–Crippen LogP) is 1.28. The van der Waals surface area contributed by atoms with Gasteiger partial charge in [-0.1, -0.05) is 6.92 Å². The second kappa shape index (κ2) is 5.31. The third kappa shape index (κ3) is 3.21. The van der Waals surface area contributed by atoms with Gasteiger partial charge in [0, 0.05) is 24.7 Å². The van der Waals surface area contributed by atoms with Gasteiger partial charge in [0.15, 0.2) is 0 Å². The van der Waals surface area contributed by atoms with Gasteiger partial charge in [0.1, 0.15) is 6.42 Å². The Morgan fingerprint density at radius 3 is 2.88 bits per heavy atom. The lowest BCUT2D eigenvalue weighted by Crippen LogP contribution is -2.44. The molecule has 4 heteroatoms. The fourth-order valence-electron chi connectivity index (χ4n) is 2.00. The fraction of sp³-hybridized carbons (Fsp3) is 0.833. The van der Waals surface area contributed by atoms with Crippen molar-refractivity contribution >= 4 is 5.91 Å². The molecule has 0 aromatic rings. The van der Waals surface area contributed by atoms with Crippen LogP contribution < -0.4 is 5.32 Å². The first-order valence-corrected chi connectivity index (χ1v) is 5.91. The molecule has 0 aromatic carbocycles. The SMILES string of the molecule is CCC(C)(C)N1CC[C@@H](NC(=O)CC#N)C1. The van der Waals surface area contributed by atoms with Crippen LogP contribution in [0.15, 0.2) is 0 Å². The van der Waals surface area contributed by atoms with E-state index < -0.39 is 0 Å². The van der Waals surface area contributed by atoms with Crippen molar-refractivity contribution in [3.05, 3.63) is 0 Å². The van der Waals surface area contributed by atoms with Crippen LogP contribution >= 0.6 is 0 Å². The number of hydrogen-bond donors (Lipinski definition) is 1. The Balaban J connectivity index is 2.42. The van der Waals surface area contributed by atoms with Crippen molar-refractivity contribution in [3.8, 4) is 6.07 Å². The van der Waals surface area contributed by atoms with Crippen LogP contribution in [-0.4, -0.2) is 35.5 Å². The average molecular weight is 223 g/mol. The highest BCUT2D eigenvalue weighted by atomic mass is 16.1. The van der Waals surface area contributed by atoms with E-state index in [0.717, 1.165) is 25.9 Å². The Kier molecular flexibility index (Phi) is 4.31. The summed E-state index contributed by atoms with van der Waals surface area (Å²) < 4.78 is 0. The van der Waals surface area contributed by atoms with E-state index in [4.69, 9.17) is 5.26 Å². The first-order valence-electron chi connectivity index (χ1n) is 5.91. The first-order chi connectivity index (χ1) is 7.49. The lowest BCUT2D eigenvalue weighted by atomic mass is 10.0. The molecule has 1 aliphatic rings. The van der Waals surface area contributed by atoms with Crippen LogP contribution in [0.2, 0.25) is 0 Å². The van der Waals surface area contributed by atoms with Crippen molar-refractivity contribution in [2.24, 2.45) is 0 Å². The summed E-state index contributed by atoms with van der Waals surface area (Å²) in [6.45, 7) is 8.57. The zero-order valence-electron chi connectivity index (χ0n) is 10.4. The van der Waals surface area contributed by atoms with Crippen LogP contribution in [0.25, 0.3) is 0 Å². The van der Waals surface area contributed by atoms with E-state index >= 15 is 0 Å². The molecule has 1 fully saturated rings. The van der Waals surface area contributed by atoms with E-state index in [0.29, 0.717) is 0 Å². The van der Waals surface area contributed by atoms with Gasteiger partial charge in [-0.25, -0.2) is 0 Å². The van der Waals surface area contributed by atoms with Crippen molar-refractivity contribution < 1.29 is 4.79 Å². The number of rotatable bonds is 4. The predicted molar refractivity (Wildman–Crippen MR) is 62.7 cm³/mol. The minimum Gasteiger partial charge on any atom is -0.351 e. The molecular weight excluding hydrogens is 202 g/mol. The van der Waals surface area contributed by atoms with Crippen LogP contribution in [0.5, 0.6) is 0 Å². The summed E-state index contributed by atoms with van der Waals surface area (Å²) in [5, 5.41) is 11.3. The molecule has 0 spiro atoms. The molecule has 0 saturated carbocycles. The molecule has 1 heterocycles. The van der Waals surface area contributed by atoms with Gasteiger partial charge in [0.25, 0.3) is 0 Å². The highest BCUT2D eigenvalue weighted by Crippen LogP contribution is 2.23. The highest BCUT2D eigenvalue weighted by Gasteiger charge is 2.32. The maximum absolute atomic E-state index is 11.3. The molecular formula is C12H21N3O. The first kappa shape index (κ1) is 13.0. The topological polar surface area (TPSA) is 56.1 Å². The van der Waals surface area contributed by atoms with Crippen molar-refractivity contribution in [3.63, 3.8) is 0 Å². The zero-order valence-corrected chi connectivity index (χ0v) is 10.4. The minimum atomic E-state index is -0.149. The van der Waals surface area contributed by atoms with E-state index in [2.05, 4.69) is 31.0 Å². The van der Waals surface area contributed by atoms with Crippen LogP contribution in [0.4, 0.5) is 0 Å². The standard InChI is InChI=1S/C12H21N3O/c1-4-12(2,3)15-8-6-10(9-15)14-11(16)5-7-13/h10H,4-6,8-9H2,1-3H3,(H,14,16)/t10-/m1/s1. The molecule has 1 rings (SSSR count). The molecule has 1 aliphatic heterocycles. The number of likely N-dealkylation sites (tertiary alicyclic amines) is 1. The number of nitrogens with one attached hydrogen (secondary N) is 1. The van der Waals surface area contributed by atoms with Gasteiger partial charge in [-0.2, -0.15) is 5.26 Å². The summed E-state index contributed by atoms with van der Waals surface area (Å²) in [6.07, 6.45) is 2.06. The zero-order chi connectivity index (χ0) is 12.2. The molecule has 4 nitrogen and oxygen atoms in total. The van der Waals surface area contributed by atoms with Crippen LogP contribution in [0.3, 0.4) is 0 Å². The number of nitrogens with zero attached hydrogens (tertiary/aromatic N) is 2. The van der Waals surface area contributed by atoms with Gasteiger partial charge >= 0.3 is 0 Å². The van der Waals surface area contributed by atoms with E-state index in [1.165, 1.54) is 0 Å². The molecule has 1 saturated heterocycles. The van der Waals surface area contributed by atoms with Gasteiger partial charge in [-0.05, 0) is 26.7 Å². The molecule has 16 heavy (non-hydrogen) atoms.